The summed E-state index contributed by atoms with van der Waals surface area (Å²) in [6, 6.07) is 5.91. The van der Waals surface area contributed by atoms with Crippen LogP contribution in [-0.4, -0.2) is 14.4 Å². The average molecular weight is 237 g/mol. The Morgan fingerprint density at radius 1 is 1.19 bits per heavy atom. The van der Waals surface area contributed by atoms with Crippen molar-refractivity contribution >= 4 is 20.1 Å². The molecule has 0 aliphatic rings. The number of hydrogen-bond acceptors (Lipinski definition) is 2. The summed E-state index contributed by atoms with van der Waals surface area (Å²) < 4.78 is 5.34. The molecule has 0 spiro atoms. The molecule has 1 rings (SSSR count). The number of aryl methyl sites for hydroxylation is 2. The van der Waals surface area contributed by atoms with Crippen LogP contribution in [-0.2, 0) is 4.43 Å². The lowest BCUT2D eigenvalue weighted by atomic mass is 10.1. The zero-order chi connectivity index (χ0) is 12.3. The number of anilines is 1. The van der Waals surface area contributed by atoms with Crippen LogP contribution in [0.15, 0.2) is 18.2 Å². The van der Waals surface area contributed by atoms with E-state index < -0.39 is 8.32 Å². The first kappa shape index (κ1) is 12.8. The van der Waals surface area contributed by atoms with Gasteiger partial charge in [-0.15, -0.1) is 0 Å². The standard InChI is InChI=1S/C12H19NO2Si/c1-9-7-6-8-10(2)11(9)13-12(14)15-16(3,4)5/h6-8H,1-5H3,(H,13,14). The predicted octanol–water partition coefficient (Wildman–Crippen LogP) is 3.69. The molecule has 88 valence electrons. The maximum Gasteiger partial charge on any atom is 0.398 e. The second-order valence-electron chi connectivity index (χ2n) is 4.89. The molecular weight excluding hydrogens is 218 g/mol. The van der Waals surface area contributed by atoms with Crippen LogP contribution in [0.4, 0.5) is 10.5 Å². The molecule has 0 atom stereocenters. The predicted molar refractivity (Wildman–Crippen MR) is 69.4 cm³/mol. The number of amides is 1. The first-order valence-electron chi connectivity index (χ1n) is 5.36. The van der Waals surface area contributed by atoms with Crippen molar-refractivity contribution in [2.45, 2.75) is 33.5 Å². The third-order valence-corrected chi connectivity index (χ3v) is 2.90. The highest BCUT2D eigenvalue weighted by atomic mass is 28.4. The van der Waals surface area contributed by atoms with Crippen molar-refractivity contribution < 1.29 is 9.22 Å². The van der Waals surface area contributed by atoms with E-state index in [9.17, 15) is 4.79 Å². The van der Waals surface area contributed by atoms with Gasteiger partial charge in [0.25, 0.3) is 0 Å². The zero-order valence-corrected chi connectivity index (χ0v) is 11.5. The molecule has 0 unspecified atom stereocenters. The van der Waals surface area contributed by atoms with Gasteiger partial charge in [-0.05, 0) is 44.6 Å². The number of carbonyl (C=O) groups excluding carboxylic acids is 1. The number of nitrogens with one attached hydrogen (secondary N) is 1. The van der Waals surface area contributed by atoms with Crippen molar-refractivity contribution in [2.24, 2.45) is 0 Å². The van der Waals surface area contributed by atoms with E-state index >= 15 is 0 Å². The third kappa shape index (κ3) is 3.70. The van der Waals surface area contributed by atoms with Gasteiger partial charge in [-0.3, -0.25) is 5.32 Å². The van der Waals surface area contributed by atoms with Crippen LogP contribution in [0.5, 0.6) is 0 Å². The molecule has 1 aromatic rings. The van der Waals surface area contributed by atoms with Gasteiger partial charge in [-0.1, -0.05) is 18.2 Å². The quantitative estimate of drug-likeness (QED) is 0.797. The molecule has 0 heterocycles. The summed E-state index contributed by atoms with van der Waals surface area (Å²) in [6.45, 7) is 9.89. The second kappa shape index (κ2) is 4.70. The van der Waals surface area contributed by atoms with Gasteiger partial charge in [-0.25, -0.2) is 4.79 Å². The van der Waals surface area contributed by atoms with Gasteiger partial charge in [0.05, 0.1) is 0 Å². The van der Waals surface area contributed by atoms with Crippen molar-refractivity contribution in [3.63, 3.8) is 0 Å². The normalized spacial score (nSPS) is 11.1. The van der Waals surface area contributed by atoms with E-state index in [1.807, 2.05) is 51.7 Å². The lowest BCUT2D eigenvalue weighted by Crippen LogP contribution is -2.32. The summed E-state index contributed by atoms with van der Waals surface area (Å²) in [4.78, 5) is 11.6. The Labute approximate surface area is 98.0 Å². The summed E-state index contributed by atoms with van der Waals surface area (Å²) in [5.41, 5.74) is 2.95. The van der Waals surface area contributed by atoms with E-state index in [1.165, 1.54) is 0 Å². The molecule has 1 aromatic carbocycles. The number of benzene rings is 1. The van der Waals surface area contributed by atoms with E-state index in [4.69, 9.17) is 4.43 Å². The highest BCUT2D eigenvalue weighted by Gasteiger charge is 2.20. The average Bonchev–Trinajstić information content (AvgIpc) is 2.08. The first-order valence-corrected chi connectivity index (χ1v) is 8.76. The van der Waals surface area contributed by atoms with E-state index in [0.29, 0.717) is 0 Å². The summed E-state index contributed by atoms with van der Waals surface area (Å²) in [6.07, 6.45) is -0.350. The van der Waals surface area contributed by atoms with Gasteiger partial charge in [0.15, 0.2) is 0 Å². The number of carbonyl (C=O) groups is 1. The van der Waals surface area contributed by atoms with E-state index in [0.717, 1.165) is 16.8 Å². The van der Waals surface area contributed by atoms with Crippen molar-refractivity contribution in [1.82, 2.24) is 0 Å². The molecule has 0 fully saturated rings. The van der Waals surface area contributed by atoms with Gasteiger partial charge >= 0.3 is 6.09 Å². The van der Waals surface area contributed by atoms with Crippen LogP contribution < -0.4 is 5.32 Å². The van der Waals surface area contributed by atoms with Crippen molar-refractivity contribution in [3.8, 4) is 0 Å². The van der Waals surface area contributed by atoms with E-state index in [2.05, 4.69) is 5.32 Å². The minimum Gasteiger partial charge on any atom is -0.504 e. The highest BCUT2D eigenvalue weighted by Crippen LogP contribution is 2.20. The molecule has 0 radical (unpaired) electrons. The van der Waals surface area contributed by atoms with Gasteiger partial charge in [0.2, 0.25) is 8.32 Å². The van der Waals surface area contributed by atoms with Crippen molar-refractivity contribution in [1.29, 1.82) is 0 Å². The van der Waals surface area contributed by atoms with Crippen LogP contribution in [0, 0.1) is 13.8 Å². The lowest BCUT2D eigenvalue weighted by molar-refractivity contribution is 0.213. The fraction of sp³-hybridized carbons (Fsp3) is 0.417. The topological polar surface area (TPSA) is 38.3 Å². The Hall–Kier alpha value is -1.29. The van der Waals surface area contributed by atoms with Crippen LogP contribution >= 0.6 is 0 Å². The molecule has 16 heavy (non-hydrogen) atoms. The van der Waals surface area contributed by atoms with Gasteiger partial charge in [0, 0.05) is 5.69 Å². The summed E-state index contributed by atoms with van der Waals surface area (Å²) in [5.74, 6) is 0. The fourth-order valence-corrected chi connectivity index (χ4v) is 2.02. The molecule has 4 heteroatoms. The van der Waals surface area contributed by atoms with Gasteiger partial charge in [0.1, 0.15) is 0 Å². The van der Waals surface area contributed by atoms with Crippen LogP contribution in [0.2, 0.25) is 19.6 Å². The maximum absolute atomic E-state index is 11.6. The Kier molecular flexibility index (Phi) is 3.75. The summed E-state index contributed by atoms with van der Waals surface area (Å²) in [7, 11) is -1.82. The molecule has 1 amide bonds. The minimum atomic E-state index is -1.82. The smallest absolute Gasteiger partial charge is 0.398 e. The van der Waals surface area contributed by atoms with E-state index in [1.54, 1.807) is 0 Å². The van der Waals surface area contributed by atoms with Gasteiger partial charge in [-0.2, -0.15) is 0 Å². The Morgan fingerprint density at radius 2 is 1.69 bits per heavy atom. The van der Waals surface area contributed by atoms with Crippen LogP contribution in [0.1, 0.15) is 11.1 Å². The maximum atomic E-state index is 11.6. The van der Waals surface area contributed by atoms with Gasteiger partial charge < -0.3 is 4.43 Å². The molecule has 0 saturated carbocycles. The Balaban J connectivity index is 2.78. The van der Waals surface area contributed by atoms with Crippen molar-refractivity contribution in [2.75, 3.05) is 5.32 Å². The summed E-state index contributed by atoms with van der Waals surface area (Å²) >= 11 is 0. The molecule has 0 aliphatic carbocycles. The molecular formula is C12H19NO2Si. The largest absolute Gasteiger partial charge is 0.504 e. The van der Waals surface area contributed by atoms with Crippen LogP contribution in [0.25, 0.3) is 0 Å². The molecule has 0 bridgehead atoms. The Morgan fingerprint density at radius 3 is 2.12 bits per heavy atom. The SMILES string of the molecule is Cc1cccc(C)c1NC(=O)O[Si](C)(C)C. The highest BCUT2D eigenvalue weighted by molar-refractivity contribution is 6.71. The number of hydrogen-bond donors (Lipinski definition) is 1. The zero-order valence-electron chi connectivity index (χ0n) is 10.5. The number of rotatable bonds is 2. The third-order valence-electron chi connectivity index (χ3n) is 2.11. The van der Waals surface area contributed by atoms with Crippen molar-refractivity contribution in [3.05, 3.63) is 29.3 Å². The molecule has 1 N–H and O–H groups in total. The molecule has 3 nitrogen and oxygen atoms in total. The minimum absolute atomic E-state index is 0.350. The fourth-order valence-electron chi connectivity index (χ4n) is 1.42. The summed E-state index contributed by atoms with van der Waals surface area (Å²) in [5, 5.41) is 2.81. The second-order valence-corrected chi connectivity index (χ2v) is 9.32. The molecule has 0 aromatic heterocycles. The van der Waals surface area contributed by atoms with E-state index in [-0.39, 0.29) is 6.09 Å². The lowest BCUT2D eigenvalue weighted by Gasteiger charge is -2.19. The monoisotopic (exact) mass is 237 g/mol. The number of para-hydroxylation sites is 1. The Bertz CT molecular complexity index is 376. The molecule has 0 saturated heterocycles. The first-order chi connectivity index (χ1) is 7.29. The van der Waals surface area contributed by atoms with Crippen LogP contribution in [0.3, 0.4) is 0 Å². The molecule has 0 aliphatic heterocycles.